The summed E-state index contributed by atoms with van der Waals surface area (Å²) in [4.78, 5) is 11.5. The van der Waals surface area contributed by atoms with Crippen molar-refractivity contribution in [2.45, 2.75) is 0 Å². The van der Waals surface area contributed by atoms with Crippen LogP contribution >= 0.6 is 11.6 Å². The maximum atomic E-state index is 6.53. The molecule has 0 bridgehead atoms. The van der Waals surface area contributed by atoms with Crippen LogP contribution in [-0.2, 0) is 0 Å². The van der Waals surface area contributed by atoms with E-state index < -0.39 is 0 Å². The molecule has 0 fully saturated rings. The molecule has 6 rings (SSSR count). The Kier molecular flexibility index (Phi) is 5.17. The molecular weight excluding hydrogens is 438 g/mol. The normalized spacial score (nSPS) is 11.1. The van der Waals surface area contributed by atoms with Gasteiger partial charge in [0.15, 0.2) is 0 Å². The lowest BCUT2D eigenvalue weighted by molar-refractivity contribution is 1.28. The zero-order valence-electron chi connectivity index (χ0n) is 18.3. The maximum Gasteiger partial charge on any atom is 0.0979 e. The summed E-state index contributed by atoms with van der Waals surface area (Å²) in [6.45, 7) is 0. The van der Waals surface area contributed by atoms with E-state index in [0.29, 0.717) is 5.02 Å². The molecule has 0 aliphatic heterocycles. The van der Waals surface area contributed by atoms with E-state index in [1.165, 1.54) is 0 Å². The molecule has 0 saturated carbocycles. The van der Waals surface area contributed by atoms with Crippen LogP contribution in [0.15, 0.2) is 122 Å². The van der Waals surface area contributed by atoms with Crippen molar-refractivity contribution < 1.29 is 0 Å². The molecule has 34 heavy (non-hydrogen) atoms. The number of aromatic nitrogens is 2. The van der Waals surface area contributed by atoms with E-state index in [9.17, 15) is 0 Å². The highest BCUT2D eigenvalue weighted by molar-refractivity contribution is 6.37. The summed E-state index contributed by atoms with van der Waals surface area (Å²) in [6, 6.07) is 37.3. The average molecular weight is 458 g/mol. The molecule has 0 aliphatic carbocycles. The summed E-state index contributed by atoms with van der Waals surface area (Å²) >= 11 is 6.53. The molecule has 0 spiro atoms. The van der Waals surface area contributed by atoms with Crippen LogP contribution in [-0.4, -0.2) is 9.97 Å². The van der Waals surface area contributed by atoms with Gasteiger partial charge in [-0.15, -0.1) is 0 Å². The standard InChI is InChI=1S/C30H20ClN3/c31-28-19-22-18-23(20-33-29(22)30-27(28)12-7-17-32-30)21-13-15-26(16-14-21)34(24-8-3-1-4-9-24)25-10-5-2-6-11-25/h1-20H. The lowest BCUT2D eigenvalue weighted by Crippen LogP contribution is -2.09. The largest absolute Gasteiger partial charge is 0.311 e. The molecule has 0 N–H and O–H groups in total. The van der Waals surface area contributed by atoms with Gasteiger partial charge in [0.05, 0.1) is 16.1 Å². The molecule has 0 radical (unpaired) electrons. The number of para-hydroxylation sites is 2. The van der Waals surface area contributed by atoms with Crippen LogP contribution in [0.4, 0.5) is 17.1 Å². The number of halogens is 1. The zero-order valence-corrected chi connectivity index (χ0v) is 19.0. The first-order chi connectivity index (χ1) is 16.8. The predicted octanol–water partition coefficient (Wildman–Crippen LogP) is 8.57. The van der Waals surface area contributed by atoms with Gasteiger partial charge in [0.25, 0.3) is 0 Å². The van der Waals surface area contributed by atoms with E-state index >= 15 is 0 Å². The zero-order chi connectivity index (χ0) is 22.9. The second-order valence-electron chi connectivity index (χ2n) is 8.11. The van der Waals surface area contributed by atoms with Gasteiger partial charge in [0.2, 0.25) is 0 Å². The molecule has 0 atom stereocenters. The number of hydrogen-bond acceptors (Lipinski definition) is 3. The molecule has 0 unspecified atom stereocenters. The molecule has 162 valence electrons. The number of anilines is 3. The average Bonchev–Trinajstić information content (AvgIpc) is 2.90. The highest BCUT2D eigenvalue weighted by Gasteiger charge is 2.13. The van der Waals surface area contributed by atoms with E-state index in [0.717, 1.165) is 50.0 Å². The van der Waals surface area contributed by atoms with Gasteiger partial charge in [-0.2, -0.15) is 0 Å². The van der Waals surface area contributed by atoms with Gasteiger partial charge >= 0.3 is 0 Å². The van der Waals surface area contributed by atoms with Crippen molar-refractivity contribution in [1.82, 2.24) is 9.97 Å². The molecule has 2 heterocycles. The second kappa shape index (κ2) is 8.62. The first kappa shape index (κ1) is 20.4. The summed E-state index contributed by atoms with van der Waals surface area (Å²) in [5, 5.41) is 2.59. The maximum absolute atomic E-state index is 6.53. The van der Waals surface area contributed by atoms with Gasteiger partial charge in [-0.3, -0.25) is 9.97 Å². The van der Waals surface area contributed by atoms with Gasteiger partial charge < -0.3 is 4.90 Å². The Morgan fingerprint density at radius 2 is 1.21 bits per heavy atom. The van der Waals surface area contributed by atoms with Crippen molar-refractivity contribution in [1.29, 1.82) is 0 Å². The fourth-order valence-corrected chi connectivity index (χ4v) is 4.62. The van der Waals surface area contributed by atoms with Gasteiger partial charge in [-0.25, -0.2) is 0 Å². The van der Waals surface area contributed by atoms with Crippen LogP contribution in [0.25, 0.3) is 32.9 Å². The molecule has 4 aromatic carbocycles. The summed E-state index contributed by atoms with van der Waals surface area (Å²) in [6.07, 6.45) is 3.68. The van der Waals surface area contributed by atoms with Crippen molar-refractivity contribution >= 4 is 50.5 Å². The quantitative estimate of drug-likeness (QED) is 0.248. The van der Waals surface area contributed by atoms with Crippen molar-refractivity contribution in [3.05, 3.63) is 127 Å². The van der Waals surface area contributed by atoms with Crippen LogP contribution < -0.4 is 4.90 Å². The second-order valence-corrected chi connectivity index (χ2v) is 8.51. The lowest BCUT2D eigenvalue weighted by atomic mass is 10.0. The highest BCUT2D eigenvalue weighted by atomic mass is 35.5. The van der Waals surface area contributed by atoms with Gasteiger partial charge in [-0.1, -0.05) is 60.1 Å². The summed E-state index contributed by atoms with van der Waals surface area (Å²) in [5.41, 5.74) is 7.14. The molecular formula is C30H20ClN3. The fourth-order valence-electron chi connectivity index (χ4n) is 4.35. The van der Waals surface area contributed by atoms with Crippen LogP contribution in [0.5, 0.6) is 0 Å². The fraction of sp³-hybridized carbons (Fsp3) is 0. The third kappa shape index (κ3) is 3.66. The topological polar surface area (TPSA) is 29.0 Å². The van der Waals surface area contributed by atoms with Gasteiger partial charge in [0, 0.05) is 45.8 Å². The summed E-state index contributed by atoms with van der Waals surface area (Å²) in [5.74, 6) is 0. The monoisotopic (exact) mass is 457 g/mol. The van der Waals surface area contributed by atoms with Crippen LogP contribution in [0.2, 0.25) is 5.02 Å². The van der Waals surface area contributed by atoms with Crippen molar-refractivity contribution in [3.8, 4) is 11.1 Å². The third-order valence-corrected chi connectivity index (χ3v) is 6.29. The van der Waals surface area contributed by atoms with E-state index in [-0.39, 0.29) is 0 Å². The number of benzene rings is 4. The van der Waals surface area contributed by atoms with Crippen molar-refractivity contribution in [2.75, 3.05) is 4.90 Å². The Bertz CT molecular complexity index is 1560. The van der Waals surface area contributed by atoms with Crippen molar-refractivity contribution in [3.63, 3.8) is 0 Å². The number of pyridine rings is 2. The number of nitrogens with zero attached hydrogens (tertiary/aromatic N) is 3. The molecule has 2 aromatic heterocycles. The summed E-state index contributed by atoms with van der Waals surface area (Å²) < 4.78 is 0. The third-order valence-electron chi connectivity index (χ3n) is 5.98. The minimum absolute atomic E-state index is 0.686. The number of hydrogen-bond donors (Lipinski definition) is 0. The van der Waals surface area contributed by atoms with E-state index in [1.54, 1.807) is 6.20 Å². The van der Waals surface area contributed by atoms with E-state index in [4.69, 9.17) is 16.6 Å². The smallest absolute Gasteiger partial charge is 0.0979 e. The minimum Gasteiger partial charge on any atom is -0.311 e. The van der Waals surface area contributed by atoms with E-state index in [2.05, 4.69) is 88.7 Å². The van der Waals surface area contributed by atoms with Crippen LogP contribution in [0.3, 0.4) is 0 Å². The Balaban J connectivity index is 1.41. The van der Waals surface area contributed by atoms with Gasteiger partial charge in [-0.05, 0) is 66.2 Å². The molecule has 6 aromatic rings. The SMILES string of the molecule is Clc1cc2cc(-c3ccc(N(c4ccccc4)c4ccccc4)cc3)cnc2c2ncccc12. The van der Waals surface area contributed by atoms with Crippen molar-refractivity contribution in [2.24, 2.45) is 0 Å². The highest BCUT2D eigenvalue weighted by Crippen LogP contribution is 2.36. The Hall–Kier alpha value is -4.21. The molecule has 3 nitrogen and oxygen atoms in total. The number of fused-ring (bicyclic) bond motifs is 3. The first-order valence-corrected chi connectivity index (χ1v) is 11.5. The van der Waals surface area contributed by atoms with Crippen LogP contribution in [0.1, 0.15) is 0 Å². The Labute approximate surface area is 202 Å². The number of rotatable bonds is 4. The molecule has 0 aliphatic rings. The molecule has 4 heteroatoms. The lowest BCUT2D eigenvalue weighted by Gasteiger charge is -2.25. The minimum atomic E-state index is 0.686. The Morgan fingerprint density at radius 3 is 1.88 bits per heavy atom. The first-order valence-electron chi connectivity index (χ1n) is 11.1. The molecule has 0 amide bonds. The Morgan fingerprint density at radius 1 is 0.559 bits per heavy atom. The predicted molar refractivity (Wildman–Crippen MR) is 142 cm³/mol. The molecule has 0 saturated heterocycles. The van der Waals surface area contributed by atoms with E-state index in [1.807, 2.05) is 36.5 Å². The summed E-state index contributed by atoms with van der Waals surface area (Å²) in [7, 11) is 0. The van der Waals surface area contributed by atoms with Gasteiger partial charge in [0.1, 0.15) is 0 Å². The van der Waals surface area contributed by atoms with Crippen LogP contribution in [0, 0.1) is 0 Å².